The monoisotopic (exact) mass is 557 g/mol. The van der Waals surface area contributed by atoms with Crippen LogP contribution in [0.4, 0.5) is 4.39 Å². The predicted octanol–water partition coefficient (Wildman–Crippen LogP) is 5.18. The molecule has 4 aromatic rings. The molecule has 0 atom stereocenters. The van der Waals surface area contributed by atoms with Gasteiger partial charge in [0.2, 0.25) is 11.8 Å². The van der Waals surface area contributed by atoms with Gasteiger partial charge in [0.25, 0.3) is 0 Å². The smallest absolute Gasteiger partial charge is 0.246 e. The Morgan fingerprint density at radius 3 is 2.73 bits per heavy atom. The number of carbonyl (C=O) groups excluding carboxylic acids is 2. The molecule has 0 aliphatic carbocycles. The lowest BCUT2D eigenvalue weighted by Crippen LogP contribution is -2.50. The average Bonchev–Trinajstić information content (AvgIpc) is 3.62. The maximum Gasteiger partial charge on any atom is 0.246 e. The first-order valence-corrected chi connectivity index (χ1v) is 13.9. The van der Waals surface area contributed by atoms with E-state index in [2.05, 4.69) is 23.8 Å². The zero-order chi connectivity index (χ0) is 28.0. The van der Waals surface area contributed by atoms with Crippen LogP contribution >= 0.6 is 11.3 Å². The van der Waals surface area contributed by atoms with E-state index < -0.39 is 0 Å². The quantitative estimate of drug-likeness (QED) is 0.305. The highest BCUT2D eigenvalue weighted by Gasteiger charge is 2.32. The summed E-state index contributed by atoms with van der Waals surface area (Å²) < 4.78 is 22.7. The zero-order valence-corrected chi connectivity index (χ0v) is 23.1. The van der Waals surface area contributed by atoms with Gasteiger partial charge in [-0.2, -0.15) is 5.10 Å². The highest BCUT2D eigenvalue weighted by atomic mass is 32.1. The summed E-state index contributed by atoms with van der Waals surface area (Å²) in [5, 5.41) is 7.67. The number of thiophene rings is 1. The van der Waals surface area contributed by atoms with E-state index in [-0.39, 0.29) is 23.7 Å². The van der Waals surface area contributed by atoms with Crippen LogP contribution in [-0.2, 0) is 9.59 Å². The lowest BCUT2D eigenvalue weighted by atomic mass is 9.94. The minimum Gasteiger partial charge on any atom is -0.496 e. The van der Waals surface area contributed by atoms with Crippen molar-refractivity contribution < 1.29 is 18.7 Å². The molecule has 0 radical (unpaired) electrons. The van der Waals surface area contributed by atoms with E-state index >= 15 is 0 Å². The van der Waals surface area contributed by atoms with E-state index in [9.17, 15) is 14.0 Å². The third-order valence-corrected chi connectivity index (χ3v) is 8.53. The number of hydrogen-bond acceptors (Lipinski definition) is 6. The van der Waals surface area contributed by atoms with Crippen molar-refractivity contribution in [2.75, 3.05) is 33.3 Å². The Balaban J connectivity index is 1.50. The zero-order valence-electron chi connectivity index (χ0n) is 22.3. The van der Waals surface area contributed by atoms with E-state index in [0.29, 0.717) is 44.0 Å². The highest BCUT2D eigenvalue weighted by molar-refractivity contribution is 7.17. The second-order valence-electron chi connectivity index (χ2n) is 9.95. The second-order valence-corrected chi connectivity index (χ2v) is 10.9. The fraction of sp³-hybridized carbons (Fsp3) is 0.267. The Labute approximate surface area is 235 Å². The summed E-state index contributed by atoms with van der Waals surface area (Å²) in [5.74, 6) is 0.00503. The van der Waals surface area contributed by atoms with Crippen molar-refractivity contribution in [2.45, 2.75) is 19.4 Å². The number of fused-ring (bicyclic) bond motifs is 1. The van der Waals surface area contributed by atoms with E-state index in [1.807, 2.05) is 21.2 Å². The number of nitrogens with zero attached hydrogens (tertiary/aromatic N) is 5. The van der Waals surface area contributed by atoms with E-state index in [4.69, 9.17) is 9.72 Å². The van der Waals surface area contributed by atoms with Crippen LogP contribution < -0.4 is 4.74 Å². The number of carbonyl (C=O) groups is 2. The van der Waals surface area contributed by atoms with Gasteiger partial charge in [-0.05, 0) is 41.6 Å². The number of benzene rings is 1. The first-order chi connectivity index (χ1) is 19.4. The van der Waals surface area contributed by atoms with Gasteiger partial charge in [0.05, 0.1) is 30.7 Å². The number of ether oxygens (including phenoxy) is 1. The van der Waals surface area contributed by atoms with Crippen LogP contribution in [0.3, 0.4) is 0 Å². The number of aromatic nitrogens is 3. The van der Waals surface area contributed by atoms with Gasteiger partial charge in [-0.3, -0.25) is 14.3 Å². The van der Waals surface area contributed by atoms with Crippen LogP contribution in [0.1, 0.15) is 25.1 Å². The molecule has 8 nitrogen and oxygen atoms in total. The number of pyridine rings is 1. The third-order valence-electron chi connectivity index (χ3n) is 7.60. The average molecular weight is 558 g/mol. The minimum atomic E-state index is -0.382. The van der Waals surface area contributed by atoms with Gasteiger partial charge in [-0.25, -0.2) is 9.37 Å². The third kappa shape index (κ3) is 4.48. The lowest BCUT2D eigenvalue weighted by Gasteiger charge is -2.38. The van der Waals surface area contributed by atoms with Gasteiger partial charge in [-0.15, -0.1) is 11.3 Å². The Morgan fingerprint density at radius 1 is 1.20 bits per heavy atom. The topological polar surface area (TPSA) is 80.6 Å². The minimum absolute atomic E-state index is 0.0557. The molecule has 1 saturated heterocycles. The summed E-state index contributed by atoms with van der Waals surface area (Å²) in [6, 6.07) is 6.66. The van der Waals surface area contributed by atoms with Crippen LogP contribution in [0.5, 0.6) is 5.75 Å². The summed E-state index contributed by atoms with van der Waals surface area (Å²) in [6.07, 6.45) is 7.85. The molecule has 1 fully saturated rings. The SMILES string of the molecule is C=CC(=O)N1CC(n2cc(-c3nc(C4=CCN(C(C)=O)CC4)c4ccsc4c3-c3ccc(F)cc3OC)cn2)C1. The number of likely N-dealkylation sites (tertiary alicyclic amines) is 1. The predicted molar refractivity (Wildman–Crippen MR) is 153 cm³/mol. The molecule has 40 heavy (non-hydrogen) atoms. The molecule has 0 unspecified atom stereocenters. The van der Waals surface area contributed by atoms with Gasteiger partial charge in [0.1, 0.15) is 11.6 Å². The van der Waals surface area contributed by atoms with Crippen molar-refractivity contribution >= 4 is 38.8 Å². The van der Waals surface area contributed by atoms with E-state index in [1.165, 1.54) is 25.3 Å². The summed E-state index contributed by atoms with van der Waals surface area (Å²) >= 11 is 1.60. The molecule has 204 valence electrons. The number of amides is 2. The molecule has 0 bridgehead atoms. The molecule has 0 saturated carbocycles. The Bertz CT molecular complexity index is 1680. The first-order valence-electron chi connectivity index (χ1n) is 13.0. The molecule has 0 spiro atoms. The van der Waals surface area contributed by atoms with Crippen molar-refractivity contribution in [3.63, 3.8) is 0 Å². The van der Waals surface area contributed by atoms with E-state index in [0.717, 1.165) is 38.0 Å². The van der Waals surface area contributed by atoms with Crippen LogP contribution in [0.25, 0.3) is 38.0 Å². The fourth-order valence-electron chi connectivity index (χ4n) is 5.36. The Morgan fingerprint density at radius 2 is 2.02 bits per heavy atom. The van der Waals surface area contributed by atoms with Crippen LogP contribution in [0.2, 0.25) is 0 Å². The van der Waals surface area contributed by atoms with Crippen molar-refractivity contribution in [3.05, 3.63) is 72.3 Å². The highest BCUT2D eigenvalue weighted by Crippen LogP contribution is 2.45. The molecule has 6 rings (SSSR count). The summed E-state index contributed by atoms with van der Waals surface area (Å²) in [5.41, 5.74) is 5.08. The lowest BCUT2D eigenvalue weighted by molar-refractivity contribution is -0.131. The van der Waals surface area contributed by atoms with Crippen molar-refractivity contribution in [2.24, 2.45) is 0 Å². The van der Waals surface area contributed by atoms with Crippen molar-refractivity contribution in [1.29, 1.82) is 0 Å². The van der Waals surface area contributed by atoms with Crippen LogP contribution in [-0.4, -0.2) is 69.7 Å². The molecule has 2 aliphatic rings. The molecule has 3 aromatic heterocycles. The van der Waals surface area contributed by atoms with Crippen LogP contribution in [0, 0.1) is 5.82 Å². The summed E-state index contributed by atoms with van der Waals surface area (Å²) in [7, 11) is 1.53. The number of hydrogen-bond donors (Lipinski definition) is 0. The van der Waals surface area contributed by atoms with Gasteiger partial charge >= 0.3 is 0 Å². The normalized spacial score (nSPS) is 15.6. The Hall–Kier alpha value is -4.31. The van der Waals surface area contributed by atoms with Gasteiger partial charge < -0.3 is 14.5 Å². The molecule has 2 aliphatic heterocycles. The molecule has 1 aromatic carbocycles. The van der Waals surface area contributed by atoms with Crippen LogP contribution in [0.15, 0.2) is 60.8 Å². The molecule has 0 N–H and O–H groups in total. The second kappa shape index (κ2) is 10.3. The molecule has 10 heteroatoms. The molecule has 5 heterocycles. The van der Waals surface area contributed by atoms with Crippen molar-refractivity contribution in [1.82, 2.24) is 24.6 Å². The maximum atomic E-state index is 14.2. The summed E-state index contributed by atoms with van der Waals surface area (Å²) in [4.78, 5) is 32.6. The van der Waals surface area contributed by atoms with Gasteiger partial charge in [0, 0.05) is 72.1 Å². The van der Waals surface area contributed by atoms with Gasteiger partial charge in [0.15, 0.2) is 0 Å². The van der Waals surface area contributed by atoms with Crippen molar-refractivity contribution in [3.8, 4) is 28.1 Å². The number of methoxy groups -OCH3 is 1. The fourth-order valence-corrected chi connectivity index (χ4v) is 6.32. The van der Waals surface area contributed by atoms with Gasteiger partial charge in [-0.1, -0.05) is 12.7 Å². The van der Waals surface area contributed by atoms with E-state index in [1.54, 1.807) is 35.4 Å². The maximum absolute atomic E-state index is 14.2. The summed E-state index contributed by atoms with van der Waals surface area (Å²) in [6.45, 7) is 7.45. The standard InChI is InChI=1S/C30H28FN5O3S/c1-4-26(38)35-16-22(17-35)36-15-20(14-32-36)29-27(23-6-5-21(31)13-25(23)39-3)30-24(9-12-40-30)28(33-29)19-7-10-34(11-8-19)18(2)37/h4-7,9,12-15,22H,1,8,10-11,16-17H2,2-3H3. The largest absolute Gasteiger partial charge is 0.496 e. The molecular weight excluding hydrogens is 529 g/mol. The first kappa shape index (κ1) is 25.9. The molecular formula is C30H28FN5O3S. The Kier molecular flexibility index (Phi) is 6.71. The number of halogens is 1. The number of rotatable bonds is 6. The molecule has 2 amide bonds.